The Morgan fingerprint density at radius 1 is 0.972 bits per heavy atom. The van der Waals surface area contributed by atoms with Crippen LogP contribution in [0.1, 0.15) is 35.6 Å². The van der Waals surface area contributed by atoms with Gasteiger partial charge in [0.1, 0.15) is 11.8 Å². The Bertz CT molecular complexity index is 1380. The third-order valence-corrected chi connectivity index (χ3v) is 9.71. The maximum absolute atomic E-state index is 13.8. The molecule has 10 heteroatoms. The number of fused-ring (bicyclic) bond motifs is 2. The number of likely N-dealkylation sites (tertiary alicyclic amines) is 1. The molecule has 2 unspecified atom stereocenters. The van der Waals surface area contributed by atoms with Crippen LogP contribution in [0.25, 0.3) is 0 Å². The molecule has 3 amide bonds. The van der Waals surface area contributed by atoms with E-state index in [1.165, 1.54) is 21.2 Å². The molecule has 0 N–H and O–H groups in total. The fourth-order valence-electron chi connectivity index (χ4n) is 5.38. The van der Waals surface area contributed by atoms with Crippen molar-refractivity contribution in [3.63, 3.8) is 0 Å². The van der Waals surface area contributed by atoms with Crippen LogP contribution in [0.5, 0.6) is 0 Å². The molecule has 3 aliphatic heterocycles. The molecule has 0 aliphatic carbocycles. The second-order valence-electron chi connectivity index (χ2n) is 9.24. The van der Waals surface area contributed by atoms with Crippen LogP contribution in [0.15, 0.2) is 64.7 Å². The van der Waals surface area contributed by atoms with Gasteiger partial charge in [-0.05, 0) is 43.0 Å². The van der Waals surface area contributed by atoms with Gasteiger partial charge in [0.2, 0.25) is 17.7 Å². The second-order valence-corrected chi connectivity index (χ2v) is 11.4. The van der Waals surface area contributed by atoms with Crippen molar-refractivity contribution in [2.75, 3.05) is 18.0 Å². The van der Waals surface area contributed by atoms with Gasteiger partial charge in [-0.2, -0.15) is 0 Å². The van der Waals surface area contributed by atoms with Gasteiger partial charge < -0.3 is 4.90 Å². The first-order valence-electron chi connectivity index (χ1n) is 12.1. The first kappa shape index (κ1) is 23.2. The molecule has 0 spiro atoms. The molecule has 8 nitrogen and oxygen atoms in total. The van der Waals surface area contributed by atoms with Gasteiger partial charge in [0.25, 0.3) is 0 Å². The molecule has 3 aliphatic rings. The number of carbonyl (C=O) groups is 3. The Morgan fingerprint density at radius 2 is 1.75 bits per heavy atom. The number of hydrogen-bond donors (Lipinski definition) is 0. The minimum absolute atomic E-state index is 0.0562. The molecule has 2 fully saturated rings. The van der Waals surface area contributed by atoms with Crippen LogP contribution in [0, 0.1) is 5.92 Å². The maximum Gasteiger partial charge on any atom is 0.308 e. The molecule has 5 heterocycles. The maximum atomic E-state index is 13.8. The van der Waals surface area contributed by atoms with E-state index in [1.54, 1.807) is 42.7 Å². The van der Waals surface area contributed by atoms with Gasteiger partial charge in [-0.3, -0.25) is 28.7 Å². The summed E-state index contributed by atoms with van der Waals surface area (Å²) in [5.41, 5.74) is 1.31. The number of imide groups is 1. The van der Waals surface area contributed by atoms with Crippen LogP contribution in [0.4, 0.5) is 5.69 Å². The summed E-state index contributed by atoms with van der Waals surface area (Å²) in [6.45, 7) is 1.35. The summed E-state index contributed by atoms with van der Waals surface area (Å²) >= 11 is 2.31. The highest BCUT2D eigenvalue weighted by Crippen LogP contribution is 2.53. The van der Waals surface area contributed by atoms with Crippen molar-refractivity contribution in [2.45, 2.75) is 42.0 Å². The molecule has 6 rings (SSSR count). The van der Waals surface area contributed by atoms with E-state index in [9.17, 15) is 19.2 Å². The van der Waals surface area contributed by atoms with Crippen molar-refractivity contribution in [2.24, 2.45) is 5.92 Å². The molecule has 1 aromatic carbocycles. The van der Waals surface area contributed by atoms with Gasteiger partial charge in [-0.1, -0.05) is 47.4 Å². The number of thiazole rings is 1. The number of rotatable bonds is 4. The van der Waals surface area contributed by atoms with E-state index in [0.29, 0.717) is 23.8 Å². The molecule has 184 valence electrons. The number of anilines is 1. The van der Waals surface area contributed by atoms with Crippen LogP contribution >= 0.6 is 23.1 Å². The Kier molecular flexibility index (Phi) is 6.00. The number of pyridine rings is 1. The number of piperidine rings is 1. The van der Waals surface area contributed by atoms with E-state index in [0.717, 1.165) is 41.0 Å². The van der Waals surface area contributed by atoms with Gasteiger partial charge >= 0.3 is 4.87 Å². The molecular weight excluding hydrogens is 496 g/mol. The van der Waals surface area contributed by atoms with Gasteiger partial charge in [0.05, 0.1) is 16.6 Å². The Labute approximate surface area is 215 Å². The monoisotopic (exact) mass is 520 g/mol. The number of thioether (sulfide) groups is 1. The molecule has 0 bridgehead atoms. The number of carbonyl (C=O) groups excluding carboxylic acids is 3. The molecule has 36 heavy (non-hydrogen) atoms. The van der Waals surface area contributed by atoms with Gasteiger partial charge in [0.15, 0.2) is 0 Å². The van der Waals surface area contributed by atoms with E-state index in [2.05, 4.69) is 4.98 Å². The van der Waals surface area contributed by atoms with Gasteiger partial charge in [-0.15, -0.1) is 0 Å². The first-order valence-corrected chi connectivity index (χ1v) is 13.7. The predicted octanol–water partition coefficient (Wildman–Crippen LogP) is 3.11. The zero-order valence-electron chi connectivity index (χ0n) is 19.4. The van der Waals surface area contributed by atoms with Crippen LogP contribution in [-0.2, 0) is 20.9 Å². The van der Waals surface area contributed by atoms with Gasteiger partial charge in [0, 0.05) is 36.3 Å². The van der Waals surface area contributed by atoms with Crippen LogP contribution in [-0.4, -0.2) is 50.5 Å². The largest absolute Gasteiger partial charge is 0.341 e. The Hall–Kier alpha value is -3.24. The summed E-state index contributed by atoms with van der Waals surface area (Å²) in [5, 5.41) is -0.0812. The van der Waals surface area contributed by atoms with Gasteiger partial charge in [-0.25, -0.2) is 4.90 Å². The average Bonchev–Trinajstić information content (AvgIpc) is 3.36. The summed E-state index contributed by atoms with van der Waals surface area (Å²) in [4.78, 5) is 61.4. The number of hydrogen-bond acceptors (Lipinski definition) is 7. The average molecular weight is 521 g/mol. The molecule has 3 atom stereocenters. The van der Waals surface area contributed by atoms with Crippen molar-refractivity contribution in [1.82, 2.24) is 14.5 Å². The quantitative estimate of drug-likeness (QED) is 0.491. The molecular formula is C26H24N4O4S2. The Morgan fingerprint density at radius 3 is 2.47 bits per heavy atom. The summed E-state index contributed by atoms with van der Waals surface area (Å²) in [7, 11) is 0. The van der Waals surface area contributed by atoms with E-state index >= 15 is 0 Å². The zero-order valence-corrected chi connectivity index (χ0v) is 21.0. The lowest BCUT2D eigenvalue weighted by molar-refractivity contribution is -0.133. The molecule has 2 aromatic heterocycles. The number of nitrogens with zero attached hydrogens (tertiary/aromatic N) is 4. The second kappa shape index (κ2) is 9.33. The number of para-hydroxylation sites is 1. The SMILES string of the molecule is O=C(Cn1c2c(sc1=O)[C@H](c1cccnc1)C1C(=O)N(c3ccccc3)C(=O)C1S2)N1CCCCC1. The van der Waals surface area contributed by atoms with E-state index < -0.39 is 17.1 Å². The standard InChI is InChI=1S/C26H24N4O4S2/c31-18(28-12-5-2-6-13-28)15-29-25-22(36-26(29)34)19(16-8-7-11-27-14-16)20-21(35-25)24(33)30(23(20)32)17-9-3-1-4-10-17/h1,3-4,7-11,14,19-21H,2,5-6,12-13,15H2/t19-,20?,21?/m1/s1. The lowest BCUT2D eigenvalue weighted by Gasteiger charge is -2.31. The van der Waals surface area contributed by atoms with Crippen LogP contribution in [0.2, 0.25) is 0 Å². The van der Waals surface area contributed by atoms with Crippen molar-refractivity contribution >= 4 is 46.5 Å². The summed E-state index contributed by atoms with van der Waals surface area (Å²) in [6, 6.07) is 12.6. The Balaban J connectivity index is 1.43. The fourth-order valence-corrected chi connectivity index (χ4v) is 8.16. The van der Waals surface area contributed by atoms with E-state index in [1.807, 2.05) is 17.0 Å². The zero-order chi connectivity index (χ0) is 24.8. The van der Waals surface area contributed by atoms with Crippen molar-refractivity contribution in [3.05, 3.63) is 75.0 Å². The lowest BCUT2D eigenvalue weighted by Crippen LogP contribution is -2.39. The third kappa shape index (κ3) is 3.79. The summed E-state index contributed by atoms with van der Waals surface area (Å²) in [6.07, 6.45) is 6.39. The molecule has 3 aromatic rings. The molecule has 0 saturated carbocycles. The highest BCUT2D eigenvalue weighted by Gasteiger charge is 2.56. The highest BCUT2D eigenvalue weighted by molar-refractivity contribution is 8.00. The normalized spacial score (nSPS) is 23.5. The summed E-state index contributed by atoms with van der Waals surface area (Å²) < 4.78 is 1.50. The topological polar surface area (TPSA) is 92.6 Å². The minimum Gasteiger partial charge on any atom is -0.341 e. The lowest BCUT2D eigenvalue weighted by atomic mass is 9.84. The fraction of sp³-hybridized carbons (Fsp3) is 0.346. The number of aromatic nitrogens is 2. The summed E-state index contributed by atoms with van der Waals surface area (Å²) in [5.74, 6) is -1.82. The van der Waals surface area contributed by atoms with Crippen LogP contribution < -0.4 is 9.77 Å². The predicted molar refractivity (Wildman–Crippen MR) is 137 cm³/mol. The van der Waals surface area contributed by atoms with Crippen molar-refractivity contribution in [1.29, 1.82) is 0 Å². The molecule has 2 saturated heterocycles. The first-order chi connectivity index (χ1) is 17.5. The number of amides is 3. The van der Waals surface area contributed by atoms with Crippen LogP contribution in [0.3, 0.4) is 0 Å². The van der Waals surface area contributed by atoms with E-state index in [-0.39, 0.29) is 29.1 Å². The molecule has 0 radical (unpaired) electrons. The highest BCUT2D eigenvalue weighted by atomic mass is 32.2. The van der Waals surface area contributed by atoms with Crippen molar-refractivity contribution in [3.8, 4) is 0 Å². The van der Waals surface area contributed by atoms with E-state index in [4.69, 9.17) is 0 Å². The third-order valence-electron chi connectivity index (χ3n) is 7.11. The smallest absolute Gasteiger partial charge is 0.308 e. The minimum atomic E-state index is -0.694. The number of benzene rings is 1. The van der Waals surface area contributed by atoms with Crippen molar-refractivity contribution < 1.29 is 14.4 Å².